The number of rotatable bonds is 8. The Morgan fingerprint density at radius 3 is 2.37 bits per heavy atom. The van der Waals surface area contributed by atoms with Crippen LogP contribution in [-0.4, -0.2) is 47.9 Å². The first kappa shape index (κ1) is 23.3. The fourth-order valence-electron chi connectivity index (χ4n) is 5.16. The lowest BCUT2D eigenvalue weighted by molar-refractivity contribution is 0.183. The molecule has 0 spiro atoms. The number of likely N-dealkylation sites (tertiary alicyclic amines) is 1. The van der Waals surface area contributed by atoms with Gasteiger partial charge in [0.2, 0.25) is 0 Å². The Morgan fingerprint density at radius 1 is 0.886 bits per heavy atom. The van der Waals surface area contributed by atoms with Gasteiger partial charge in [0.15, 0.2) is 0 Å². The molecule has 1 aliphatic rings. The van der Waals surface area contributed by atoms with Gasteiger partial charge in [-0.05, 0) is 86.4 Å². The van der Waals surface area contributed by atoms with E-state index in [2.05, 4.69) is 52.8 Å². The van der Waals surface area contributed by atoms with Crippen LogP contribution in [0.1, 0.15) is 30.4 Å². The third-order valence-corrected chi connectivity index (χ3v) is 7.07. The quantitative estimate of drug-likeness (QED) is 0.331. The first-order chi connectivity index (χ1) is 17.1. The molecule has 0 radical (unpaired) electrons. The van der Waals surface area contributed by atoms with E-state index in [4.69, 9.17) is 9.47 Å². The molecule has 5 nitrogen and oxygen atoms in total. The van der Waals surface area contributed by atoms with Crippen molar-refractivity contribution in [3.05, 3.63) is 77.9 Å². The molecule has 35 heavy (non-hydrogen) atoms. The summed E-state index contributed by atoms with van der Waals surface area (Å²) in [6.45, 7) is 6.90. The maximum absolute atomic E-state index is 10.7. The maximum Gasteiger partial charge on any atom is 0.124 e. The number of benzene rings is 3. The van der Waals surface area contributed by atoms with Gasteiger partial charge in [-0.2, -0.15) is 0 Å². The highest BCUT2D eigenvalue weighted by molar-refractivity contribution is 5.93. The van der Waals surface area contributed by atoms with Crippen LogP contribution in [0.15, 0.2) is 66.7 Å². The highest BCUT2D eigenvalue weighted by Gasteiger charge is 2.19. The van der Waals surface area contributed by atoms with Crippen molar-refractivity contribution in [1.82, 2.24) is 9.47 Å². The van der Waals surface area contributed by atoms with Crippen molar-refractivity contribution in [3.63, 3.8) is 0 Å². The Hall–Kier alpha value is -3.44. The summed E-state index contributed by atoms with van der Waals surface area (Å²) in [4.78, 5) is 2.49. The summed E-state index contributed by atoms with van der Waals surface area (Å²) in [5.41, 5.74) is 5.27. The molecule has 1 fully saturated rings. The van der Waals surface area contributed by atoms with E-state index in [1.54, 1.807) is 13.2 Å². The lowest BCUT2D eigenvalue weighted by atomic mass is 10.1. The summed E-state index contributed by atoms with van der Waals surface area (Å²) in [5.74, 6) is 2.02. The first-order valence-corrected chi connectivity index (χ1v) is 12.5. The van der Waals surface area contributed by atoms with Crippen LogP contribution in [0.3, 0.4) is 0 Å². The monoisotopic (exact) mass is 470 g/mol. The second kappa shape index (κ2) is 10.4. The lowest BCUT2D eigenvalue weighted by Gasteiger charge is -2.26. The van der Waals surface area contributed by atoms with Crippen LogP contribution in [0.5, 0.6) is 17.2 Å². The average Bonchev–Trinajstić information content (AvgIpc) is 3.16. The zero-order chi connectivity index (χ0) is 24.2. The summed E-state index contributed by atoms with van der Waals surface area (Å²) in [6, 6.07) is 22.1. The van der Waals surface area contributed by atoms with Gasteiger partial charge in [-0.3, -0.25) is 4.90 Å². The minimum Gasteiger partial charge on any atom is -0.507 e. The molecule has 1 aromatic heterocycles. The fraction of sp³-hybridized carbons (Fsp3) is 0.333. The SMILES string of the molecule is COc1ccc2c(c1)c(C)c(-c1ccccc1O)n2Cc1ccc(OCCN2CCCCC2)cc1. The van der Waals surface area contributed by atoms with E-state index in [9.17, 15) is 5.11 Å². The molecule has 0 saturated carbocycles. The largest absolute Gasteiger partial charge is 0.507 e. The van der Waals surface area contributed by atoms with Gasteiger partial charge in [0.05, 0.1) is 12.8 Å². The average molecular weight is 471 g/mol. The topological polar surface area (TPSA) is 46.9 Å². The zero-order valence-corrected chi connectivity index (χ0v) is 20.7. The molecule has 5 heteroatoms. The van der Waals surface area contributed by atoms with Crippen LogP contribution < -0.4 is 9.47 Å². The van der Waals surface area contributed by atoms with E-state index in [1.165, 1.54) is 37.9 Å². The molecule has 0 atom stereocenters. The summed E-state index contributed by atoms with van der Waals surface area (Å²) in [6.07, 6.45) is 3.96. The van der Waals surface area contributed by atoms with E-state index in [0.717, 1.165) is 52.4 Å². The number of phenolic OH excluding ortho intramolecular Hbond substituents is 1. The first-order valence-electron chi connectivity index (χ1n) is 12.5. The Morgan fingerprint density at radius 2 is 1.63 bits per heavy atom. The van der Waals surface area contributed by atoms with Crippen molar-refractivity contribution in [3.8, 4) is 28.5 Å². The molecule has 0 bridgehead atoms. The van der Waals surface area contributed by atoms with Crippen LogP contribution in [-0.2, 0) is 6.54 Å². The Labute approximate surface area is 207 Å². The van der Waals surface area contributed by atoms with Gasteiger partial charge in [-0.15, -0.1) is 0 Å². The summed E-state index contributed by atoms with van der Waals surface area (Å²) >= 11 is 0. The smallest absolute Gasteiger partial charge is 0.124 e. The standard InChI is InChI=1S/C30H34N2O3/c1-22-27-20-25(34-2)14-15-28(27)32(30(22)26-8-4-5-9-29(26)33)21-23-10-12-24(13-11-23)35-19-18-31-16-6-3-7-17-31/h4-5,8-15,20,33H,3,6-7,16-19,21H2,1-2H3. The molecule has 2 heterocycles. The number of hydrogen-bond donors (Lipinski definition) is 1. The van der Waals surface area contributed by atoms with Gasteiger partial charge in [0.1, 0.15) is 23.9 Å². The van der Waals surface area contributed by atoms with Crippen molar-refractivity contribution in [1.29, 1.82) is 0 Å². The minimum absolute atomic E-state index is 0.282. The number of aromatic hydroxyl groups is 1. The van der Waals surface area contributed by atoms with E-state index in [0.29, 0.717) is 6.54 Å². The predicted octanol–water partition coefficient (Wildman–Crippen LogP) is 6.24. The van der Waals surface area contributed by atoms with Gasteiger partial charge in [-0.1, -0.05) is 30.7 Å². The molecule has 5 rings (SSSR count). The van der Waals surface area contributed by atoms with Crippen molar-refractivity contribution in [2.75, 3.05) is 33.4 Å². The molecule has 4 aromatic rings. The molecule has 0 unspecified atom stereocenters. The normalized spacial score (nSPS) is 14.3. The molecule has 1 aliphatic heterocycles. The number of phenols is 1. The van der Waals surface area contributed by atoms with Gasteiger partial charge in [-0.25, -0.2) is 0 Å². The summed E-state index contributed by atoms with van der Waals surface area (Å²) in [7, 11) is 1.69. The van der Waals surface area contributed by atoms with Crippen LogP contribution in [0.2, 0.25) is 0 Å². The van der Waals surface area contributed by atoms with E-state index >= 15 is 0 Å². The minimum atomic E-state index is 0.282. The van der Waals surface area contributed by atoms with Crippen LogP contribution in [0.4, 0.5) is 0 Å². The van der Waals surface area contributed by atoms with Gasteiger partial charge in [0, 0.05) is 29.6 Å². The van der Waals surface area contributed by atoms with E-state index in [-0.39, 0.29) is 5.75 Å². The second-order valence-electron chi connectivity index (χ2n) is 9.35. The lowest BCUT2D eigenvalue weighted by Crippen LogP contribution is -2.33. The zero-order valence-electron chi connectivity index (χ0n) is 20.7. The molecule has 0 amide bonds. The highest BCUT2D eigenvalue weighted by atomic mass is 16.5. The number of piperidine rings is 1. The highest BCUT2D eigenvalue weighted by Crippen LogP contribution is 2.39. The van der Waals surface area contributed by atoms with Crippen molar-refractivity contribution < 1.29 is 14.6 Å². The number of nitrogens with zero attached hydrogens (tertiary/aromatic N) is 2. The maximum atomic E-state index is 10.7. The molecule has 182 valence electrons. The molecule has 0 aliphatic carbocycles. The third kappa shape index (κ3) is 5.01. The van der Waals surface area contributed by atoms with Crippen LogP contribution >= 0.6 is 0 Å². The fourth-order valence-corrected chi connectivity index (χ4v) is 5.16. The third-order valence-electron chi connectivity index (χ3n) is 7.07. The predicted molar refractivity (Wildman–Crippen MR) is 142 cm³/mol. The van der Waals surface area contributed by atoms with Gasteiger partial charge in [0.25, 0.3) is 0 Å². The summed E-state index contributed by atoms with van der Waals surface area (Å²) < 4.78 is 13.8. The number of methoxy groups -OCH3 is 1. The van der Waals surface area contributed by atoms with Crippen molar-refractivity contribution in [2.45, 2.75) is 32.7 Å². The Kier molecular flexibility index (Phi) is 6.96. The molecule has 1 saturated heterocycles. The number of hydrogen-bond acceptors (Lipinski definition) is 4. The van der Waals surface area contributed by atoms with E-state index in [1.807, 2.05) is 24.3 Å². The number of ether oxygens (including phenoxy) is 2. The molecule has 3 aromatic carbocycles. The second-order valence-corrected chi connectivity index (χ2v) is 9.35. The van der Waals surface area contributed by atoms with E-state index < -0.39 is 0 Å². The number of aryl methyl sites for hydroxylation is 1. The Balaban J connectivity index is 1.40. The van der Waals surface area contributed by atoms with Crippen LogP contribution in [0, 0.1) is 6.92 Å². The molecular formula is C30H34N2O3. The van der Waals surface area contributed by atoms with Crippen LogP contribution in [0.25, 0.3) is 22.2 Å². The number of para-hydroxylation sites is 1. The Bertz CT molecular complexity index is 1290. The number of aromatic nitrogens is 1. The van der Waals surface area contributed by atoms with Crippen molar-refractivity contribution in [2.24, 2.45) is 0 Å². The molecular weight excluding hydrogens is 436 g/mol. The van der Waals surface area contributed by atoms with Gasteiger partial charge >= 0.3 is 0 Å². The molecule has 1 N–H and O–H groups in total. The van der Waals surface area contributed by atoms with Crippen molar-refractivity contribution >= 4 is 10.9 Å². The summed E-state index contributed by atoms with van der Waals surface area (Å²) in [5, 5.41) is 11.8. The van der Waals surface area contributed by atoms with Gasteiger partial charge < -0.3 is 19.1 Å². The number of fused-ring (bicyclic) bond motifs is 1.